The van der Waals surface area contributed by atoms with Crippen molar-refractivity contribution >= 4 is 17.2 Å². The summed E-state index contributed by atoms with van der Waals surface area (Å²) in [5.74, 6) is 1.37. The smallest absolute Gasteiger partial charge is 0.255 e. The second-order valence-electron chi connectivity index (χ2n) is 5.92. The van der Waals surface area contributed by atoms with Crippen molar-refractivity contribution in [2.45, 2.75) is 27.2 Å². The first-order chi connectivity index (χ1) is 11.6. The molecule has 0 spiro atoms. The number of furan rings is 1. The van der Waals surface area contributed by atoms with Crippen molar-refractivity contribution in [1.29, 1.82) is 0 Å². The summed E-state index contributed by atoms with van der Waals surface area (Å²) in [7, 11) is 0. The Balaban J connectivity index is 1.81. The topological polar surface area (TPSA) is 42.2 Å². The predicted octanol–water partition coefficient (Wildman–Crippen LogP) is 4.91. The zero-order valence-electron chi connectivity index (χ0n) is 14.2. The van der Waals surface area contributed by atoms with Crippen LogP contribution >= 0.6 is 11.3 Å². The molecule has 1 aromatic carbocycles. The third-order valence-electron chi connectivity index (χ3n) is 4.06. The van der Waals surface area contributed by atoms with Gasteiger partial charge in [-0.1, -0.05) is 35.9 Å². The number of nitrogens with one attached hydrogen (secondary N) is 1. The van der Waals surface area contributed by atoms with E-state index in [1.165, 1.54) is 10.4 Å². The van der Waals surface area contributed by atoms with Crippen LogP contribution in [0.4, 0.5) is 0 Å². The Morgan fingerprint density at radius 1 is 1.08 bits per heavy atom. The number of thiophene rings is 1. The van der Waals surface area contributed by atoms with Crippen LogP contribution in [0.15, 0.2) is 46.2 Å². The third-order valence-corrected chi connectivity index (χ3v) is 5.00. The summed E-state index contributed by atoms with van der Waals surface area (Å²) in [6, 6.07) is 12.3. The minimum absolute atomic E-state index is 0.0727. The molecule has 0 atom stereocenters. The van der Waals surface area contributed by atoms with Gasteiger partial charge in [0, 0.05) is 17.0 Å². The summed E-state index contributed by atoms with van der Waals surface area (Å²) in [5, 5.41) is 5.07. The molecule has 4 heteroatoms. The maximum atomic E-state index is 12.7. The molecule has 0 bridgehead atoms. The van der Waals surface area contributed by atoms with Crippen LogP contribution in [0.5, 0.6) is 0 Å². The minimum Gasteiger partial charge on any atom is -0.465 e. The average molecular weight is 339 g/mol. The van der Waals surface area contributed by atoms with Crippen LogP contribution in [-0.2, 0) is 6.42 Å². The Morgan fingerprint density at radius 2 is 1.83 bits per heavy atom. The highest BCUT2D eigenvalue weighted by molar-refractivity contribution is 7.09. The monoisotopic (exact) mass is 339 g/mol. The molecule has 1 N–H and O–H groups in total. The second-order valence-corrected chi connectivity index (χ2v) is 6.95. The van der Waals surface area contributed by atoms with Gasteiger partial charge in [-0.05, 0) is 44.2 Å². The van der Waals surface area contributed by atoms with E-state index < -0.39 is 0 Å². The molecule has 3 nitrogen and oxygen atoms in total. The normalized spacial score (nSPS) is 10.8. The standard InChI is InChI=1S/C20H21NO2S/c1-13-6-8-16(9-7-13)18-14(2)23-15(3)19(18)20(22)21-11-10-17-5-4-12-24-17/h4-9,12H,10-11H2,1-3H3,(H,21,22). The Labute approximate surface area is 146 Å². The fraction of sp³-hybridized carbons (Fsp3) is 0.250. The molecule has 2 heterocycles. The van der Waals surface area contributed by atoms with Crippen molar-refractivity contribution < 1.29 is 9.21 Å². The van der Waals surface area contributed by atoms with Crippen LogP contribution in [0.3, 0.4) is 0 Å². The van der Waals surface area contributed by atoms with E-state index >= 15 is 0 Å². The third kappa shape index (κ3) is 3.44. The van der Waals surface area contributed by atoms with Crippen LogP contribution in [0.2, 0.25) is 0 Å². The largest absolute Gasteiger partial charge is 0.465 e. The average Bonchev–Trinajstić information content (AvgIpc) is 3.16. The Bertz CT molecular complexity index is 829. The first-order valence-corrected chi connectivity index (χ1v) is 8.92. The lowest BCUT2D eigenvalue weighted by Gasteiger charge is -2.07. The number of amides is 1. The maximum Gasteiger partial charge on any atom is 0.255 e. The summed E-state index contributed by atoms with van der Waals surface area (Å²) in [5.41, 5.74) is 3.74. The zero-order chi connectivity index (χ0) is 17.1. The summed E-state index contributed by atoms with van der Waals surface area (Å²) in [4.78, 5) is 14.0. The molecule has 0 radical (unpaired) electrons. The van der Waals surface area contributed by atoms with E-state index in [0.717, 1.165) is 23.3 Å². The van der Waals surface area contributed by atoms with E-state index in [-0.39, 0.29) is 5.91 Å². The van der Waals surface area contributed by atoms with Crippen molar-refractivity contribution in [1.82, 2.24) is 5.32 Å². The Kier molecular flexibility index (Phi) is 4.86. The number of carbonyl (C=O) groups is 1. The fourth-order valence-corrected chi connectivity index (χ4v) is 3.58. The van der Waals surface area contributed by atoms with Crippen molar-refractivity contribution in [2.75, 3.05) is 6.54 Å². The van der Waals surface area contributed by atoms with E-state index in [4.69, 9.17) is 4.42 Å². The molecule has 0 aliphatic carbocycles. The van der Waals surface area contributed by atoms with Crippen LogP contribution in [0, 0.1) is 20.8 Å². The number of carbonyl (C=O) groups excluding carboxylic acids is 1. The molecule has 0 fully saturated rings. The first-order valence-electron chi connectivity index (χ1n) is 8.04. The molecule has 0 saturated carbocycles. The van der Waals surface area contributed by atoms with E-state index in [2.05, 4.69) is 35.8 Å². The number of hydrogen-bond donors (Lipinski definition) is 1. The van der Waals surface area contributed by atoms with Gasteiger partial charge in [0.2, 0.25) is 0 Å². The first kappa shape index (κ1) is 16.5. The highest BCUT2D eigenvalue weighted by Gasteiger charge is 2.22. The predicted molar refractivity (Wildman–Crippen MR) is 98.7 cm³/mol. The van der Waals surface area contributed by atoms with Gasteiger partial charge in [0.05, 0.1) is 5.56 Å². The lowest BCUT2D eigenvalue weighted by molar-refractivity contribution is 0.0953. The van der Waals surface area contributed by atoms with Crippen LogP contribution in [0.1, 0.15) is 32.3 Å². The minimum atomic E-state index is -0.0727. The molecule has 24 heavy (non-hydrogen) atoms. The van der Waals surface area contributed by atoms with E-state index in [1.807, 2.05) is 32.0 Å². The summed E-state index contributed by atoms with van der Waals surface area (Å²) in [6.07, 6.45) is 0.846. The van der Waals surface area contributed by atoms with Gasteiger partial charge >= 0.3 is 0 Å². The molecule has 0 unspecified atom stereocenters. The van der Waals surface area contributed by atoms with Gasteiger partial charge in [-0.15, -0.1) is 11.3 Å². The van der Waals surface area contributed by atoms with Gasteiger partial charge in [0.15, 0.2) is 0 Å². The summed E-state index contributed by atoms with van der Waals surface area (Å²) >= 11 is 1.71. The second kappa shape index (κ2) is 7.05. The summed E-state index contributed by atoms with van der Waals surface area (Å²) in [6.45, 7) is 6.43. The highest BCUT2D eigenvalue weighted by Crippen LogP contribution is 2.32. The molecule has 0 saturated heterocycles. The SMILES string of the molecule is Cc1ccc(-c2c(C)oc(C)c2C(=O)NCCc2cccs2)cc1. The van der Waals surface area contributed by atoms with E-state index in [9.17, 15) is 4.79 Å². The Hall–Kier alpha value is -2.33. The molecule has 1 amide bonds. The highest BCUT2D eigenvalue weighted by atomic mass is 32.1. The zero-order valence-corrected chi connectivity index (χ0v) is 15.0. The van der Waals surface area contributed by atoms with Crippen molar-refractivity contribution in [3.63, 3.8) is 0 Å². The van der Waals surface area contributed by atoms with Crippen molar-refractivity contribution in [3.8, 4) is 11.1 Å². The van der Waals surface area contributed by atoms with Gasteiger partial charge in [-0.25, -0.2) is 0 Å². The maximum absolute atomic E-state index is 12.7. The van der Waals surface area contributed by atoms with E-state index in [1.54, 1.807) is 11.3 Å². The number of rotatable bonds is 5. The molecule has 0 aliphatic heterocycles. The molecule has 3 rings (SSSR count). The molecule has 3 aromatic rings. The van der Waals surface area contributed by atoms with Gasteiger partial charge < -0.3 is 9.73 Å². The number of benzene rings is 1. The molecule has 0 aliphatic rings. The van der Waals surface area contributed by atoms with Crippen LogP contribution < -0.4 is 5.32 Å². The molecular formula is C20H21NO2S. The molecular weight excluding hydrogens is 318 g/mol. The van der Waals surface area contributed by atoms with Crippen LogP contribution in [-0.4, -0.2) is 12.5 Å². The van der Waals surface area contributed by atoms with E-state index in [0.29, 0.717) is 17.9 Å². The number of aryl methyl sites for hydroxylation is 3. The molecule has 124 valence electrons. The lowest BCUT2D eigenvalue weighted by Crippen LogP contribution is -2.26. The van der Waals surface area contributed by atoms with Gasteiger partial charge in [-0.2, -0.15) is 0 Å². The van der Waals surface area contributed by atoms with Gasteiger partial charge in [-0.3, -0.25) is 4.79 Å². The van der Waals surface area contributed by atoms with Crippen molar-refractivity contribution in [3.05, 3.63) is 69.3 Å². The fourth-order valence-electron chi connectivity index (χ4n) is 2.87. The van der Waals surface area contributed by atoms with Crippen LogP contribution in [0.25, 0.3) is 11.1 Å². The Morgan fingerprint density at radius 3 is 2.50 bits per heavy atom. The summed E-state index contributed by atoms with van der Waals surface area (Å²) < 4.78 is 5.74. The van der Waals surface area contributed by atoms with Crippen molar-refractivity contribution in [2.24, 2.45) is 0 Å². The quantitative estimate of drug-likeness (QED) is 0.718. The lowest BCUT2D eigenvalue weighted by atomic mass is 9.99. The van der Waals surface area contributed by atoms with Gasteiger partial charge in [0.1, 0.15) is 11.5 Å². The van der Waals surface area contributed by atoms with Gasteiger partial charge in [0.25, 0.3) is 5.91 Å². The molecule has 2 aromatic heterocycles. The number of hydrogen-bond acceptors (Lipinski definition) is 3.